The third-order valence-electron chi connectivity index (χ3n) is 2.08. The number of aryl methyl sites for hydroxylation is 1. The fourth-order valence-corrected chi connectivity index (χ4v) is 1.29. The maximum Gasteiger partial charge on any atom is 0.119 e. The standard InChI is InChI=1S/C12H18O3/c1-9-3-5-12(6-4-9)15-8-11(14)7-10(2)13/h3-6,10-11,13-14H,7-8H2,1-2H3. The van der Waals surface area contributed by atoms with Crippen molar-refractivity contribution in [1.82, 2.24) is 0 Å². The maximum atomic E-state index is 9.45. The second-order valence-corrected chi connectivity index (χ2v) is 3.86. The summed E-state index contributed by atoms with van der Waals surface area (Å²) >= 11 is 0. The molecule has 0 aliphatic heterocycles. The molecule has 0 aliphatic carbocycles. The van der Waals surface area contributed by atoms with Gasteiger partial charge in [0, 0.05) is 6.42 Å². The van der Waals surface area contributed by atoms with Gasteiger partial charge in [-0.15, -0.1) is 0 Å². The molecule has 0 saturated carbocycles. The van der Waals surface area contributed by atoms with Crippen LogP contribution in [0.25, 0.3) is 0 Å². The third kappa shape index (κ3) is 4.81. The molecule has 0 aliphatic rings. The van der Waals surface area contributed by atoms with Gasteiger partial charge in [0.25, 0.3) is 0 Å². The Morgan fingerprint density at radius 1 is 1.20 bits per heavy atom. The summed E-state index contributed by atoms with van der Waals surface area (Å²) in [5, 5.41) is 18.5. The van der Waals surface area contributed by atoms with E-state index in [2.05, 4.69) is 0 Å². The number of rotatable bonds is 5. The van der Waals surface area contributed by atoms with Gasteiger partial charge in [-0.05, 0) is 26.0 Å². The molecular formula is C12H18O3. The average Bonchev–Trinajstić information content (AvgIpc) is 2.16. The van der Waals surface area contributed by atoms with E-state index < -0.39 is 12.2 Å². The van der Waals surface area contributed by atoms with Crippen molar-refractivity contribution in [2.24, 2.45) is 0 Å². The molecule has 15 heavy (non-hydrogen) atoms. The van der Waals surface area contributed by atoms with Gasteiger partial charge in [-0.25, -0.2) is 0 Å². The predicted octanol–water partition coefficient (Wildman–Crippen LogP) is 1.51. The van der Waals surface area contributed by atoms with E-state index in [0.29, 0.717) is 6.42 Å². The summed E-state index contributed by atoms with van der Waals surface area (Å²) in [5.74, 6) is 0.741. The lowest BCUT2D eigenvalue weighted by Crippen LogP contribution is -2.22. The summed E-state index contributed by atoms with van der Waals surface area (Å²) in [5.41, 5.74) is 1.17. The Kier molecular flexibility index (Phi) is 4.59. The summed E-state index contributed by atoms with van der Waals surface area (Å²) in [6, 6.07) is 7.64. The highest BCUT2D eigenvalue weighted by Crippen LogP contribution is 2.12. The average molecular weight is 210 g/mol. The third-order valence-corrected chi connectivity index (χ3v) is 2.08. The first-order chi connectivity index (χ1) is 7.08. The highest BCUT2D eigenvalue weighted by atomic mass is 16.5. The van der Waals surface area contributed by atoms with E-state index in [1.807, 2.05) is 31.2 Å². The summed E-state index contributed by atoms with van der Waals surface area (Å²) in [6.45, 7) is 3.87. The van der Waals surface area contributed by atoms with Crippen LogP contribution >= 0.6 is 0 Å². The van der Waals surface area contributed by atoms with Gasteiger partial charge in [0.2, 0.25) is 0 Å². The fraction of sp³-hybridized carbons (Fsp3) is 0.500. The highest BCUT2D eigenvalue weighted by Gasteiger charge is 2.08. The number of hydrogen-bond donors (Lipinski definition) is 2. The fourth-order valence-electron chi connectivity index (χ4n) is 1.29. The molecule has 84 valence electrons. The molecule has 0 amide bonds. The molecule has 2 N–H and O–H groups in total. The normalized spacial score (nSPS) is 14.7. The van der Waals surface area contributed by atoms with Crippen molar-refractivity contribution in [3.8, 4) is 5.75 Å². The summed E-state index contributed by atoms with van der Waals surface area (Å²) < 4.78 is 5.36. The second kappa shape index (κ2) is 5.73. The molecule has 0 bridgehead atoms. The number of hydrogen-bond acceptors (Lipinski definition) is 3. The van der Waals surface area contributed by atoms with Gasteiger partial charge in [0.15, 0.2) is 0 Å². The second-order valence-electron chi connectivity index (χ2n) is 3.86. The molecule has 1 aromatic rings. The van der Waals surface area contributed by atoms with E-state index in [4.69, 9.17) is 9.84 Å². The van der Waals surface area contributed by atoms with Crippen LogP contribution in [-0.2, 0) is 0 Å². The van der Waals surface area contributed by atoms with Gasteiger partial charge in [-0.2, -0.15) is 0 Å². The van der Waals surface area contributed by atoms with Crippen LogP contribution in [0.4, 0.5) is 0 Å². The molecule has 2 atom stereocenters. The Morgan fingerprint density at radius 3 is 2.33 bits per heavy atom. The first kappa shape index (κ1) is 12.0. The van der Waals surface area contributed by atoms with Crippen LogP contribution in [-0.4, -0.2) is 29.0 Å². The van der Waals surface area contributed by atoms with Gasteiger partial charge in [0.05, 0.1) is 12.2 Å². The number of aliphatic hydroxyl groups is 2. The summed E-state index contributed by atoms with van der Waals surface area (Å²) in [4.78, 5) is 0. The molecular weight excluding hydrogens is 192 g/mol. The summed E-state index contributed by atoms with van der Waals surface area (Å²) in [7, 11) is 0. The van der Waals surface area contributed by atoms with Crippen molar-refractivity contribution in [2.75, 3.05) is 6.61 Å². The zero-order valence-electron chi connectivity index (χ0n) is 9.18. The SMILES string of the molecule is Cc1ccc(OCC(O)CC(C)O)cc1. The molecule has 1 aromatic carbocycles. The van der Waals surface area contributed by atoms with Crippen molar-refractivity contribution in [1.29, 1.82) is 0 Å². The van der Waals surface area contributed by atoms with E-state index in [1.54, 1.807) is 6.92 Å². The molecule has 3 nitrogen and oxygen atoms in total. The van der Waals surface area contributed by atoms with Crippen LogP contribution < -0.4 is 4.74 Å². The zero-order chi connectivity index (χ0) is 11.3. The minimum absolute atomic E-state index is 0.216. The smallest absolute Gasteiger partial charge is 0.119 e. The van der Waals surface area contributed by atoms with Crippen molar-refractivity contribution >= 4 is 0 Å². The molecule has 0 fully saturated rings. The van der Waals surface area contributed by atoms with Gasteiger partial charge in [-0.1, -0.05) is 17.7 Å². The number of aliphatic hydroxyl groups excluding tert-OH is 2. The molecule has 0 saturated heterocycles. The van der Waals surface area contributed by atoms with E-state index in [1.165, 1.54) is 5.56 Å². The van der Waals surface area contributed by atoms with Crippen molar-refractivity contribution in [3.63, 3.8) is 0 Å². The zero-order valence-corrected chi connectivity index (χ0v) is 9.18. The van der Waals surface area contributed by atoms with E-state index in [-0.39, 0.29) is 6.61 Å². The lowest BCUT2D eigenvalue weighted by atomic mass is 10.2. The van der Waals surface area contributed by atoms with Crippen LogP contribution in [0.2, 0.25) is 0 Å². The first-order valence-corrected chi connectivity index (χ1v) is 5.13. The van der Waals surface area contributed by atoms with Gasteiger partial charge in [-0.3, -0.25) is 0 Å². The predicted molar refractivity (Wildman–Crippen MR) is 59.0 cm³/mol. The summed E-state index contributed by atoms with van der Waals surface area (Å²) in [6.07, 6.45) is -0.779. The molecule has 3 heteroatoms. The topological polar surface area (TPSA) is 49.7 Å². The largest absolute Gasteiger partial charge is 0.491 e. The molecule has 1 rings (SSSR count). The Hall–Kier alpha value is -1.06. The van der Waals surface area contributed by atoms with E-state index >= 15 is 0 Å². The van der Waals surface area contributed by atoms with Crippen LogP contribution in [0.15, 0.2) is 24.3 Å². The monoisotopic (exact) mass is 210 g/mol. The van der Waals surface area contributed by atoms with Crippen LogP contribution in [0.5, 0.6) is 5.75 Å². The maximum absolute atomic E-state index is 9.45. The highest BCUT2D eigenvalue weighted by molar-refractivity contribution is 5.26. The first-order valence-electron chi connectivity index (χ1n) is 5.13. The van der Waals surface area contributed by atoms with Crippen molar-refractivity contribution < 1.29 is 14.9 Å². The number of ether oxygens (including phenoxy) is 1. The van der Waals surface area contributed by atoms with Crippen LogP contribution in [0.3, 0.4) is 0 Å². The molecule has 2 unspecified atom stereocenters. The van der Waals surface area contributed by atoms with Crippen molar-refractivity contribution in [3.05, 3.63) is 29.8 Å². The van der Waals surface area contributed by atoms with Gasteiger partial charge in [0.1, 0.15) is 12.4 Å². The van der Waals surface area contributed by atoms with Crippen molar-refractivity contribution in [2.45, 2.75) is 32.5 Å². The lowest BCUT2D eigenvalue weighted by molar-refractivity contribution is 0.0557. The Morgan fingerprint density at radius 2 is 1.80 bits per heavy atom. The van der Waals surface area contributed by atoms with Crippen LogP contribution in [0.1, 0.15) is 18.9 Å². The lowest BCUT2D eigenvalue weighted by Gasteiger charge is -2.13. The molecule has 0 aromatic heterocycles. The quantitative estimate of drug-likeness (QED) is 0.774. The molecule has 0 heterocycles. The van der Waals surface area contributed by atoms with E-state index in [0.717, 1.165) is 5.75 Å². The number of benzene rings is 1. The molecule has 0 spiro atoms. The minimum atomic E-state index is -0.619. The Labute approximate surface area is 90.3 Å². The van der Waals surface area contributed by atoms with Gasteiger partial charge >= 0.3 is 0 Å². The van der Waals surface area contributed by atoms with Gasteiger partial charge < -0.3 is 14.9 Å². The Bertz CT molecular complexity index is 279. The minimum Gasteiger partial charge on any atom is -0.491 e. The Balaban J connectivity index is 2.33. The molecule has 0 radical (unpaired) electrons. The van der Waals surface area contributed by atoms with E-state index in [9.17, 15) is 5.11 Å². The van der Waals surface area contributed by atoms with Crippen LogP contribution in [0, 0.1) is 6.92 Å².